The van der Waals surface area contributed by atoms with Gasteiger partial charge in [0.25, 0.3) is 0 Å². The van der Waals surface area contributed by atoms with Crippen LogP contribution >= 0.6 is 0 Å². The number of pyridine rings is 1. The van der Waals surface area contributed by atoms with Gasteiger partial charge in [-0.1, -0.05) is 56.7 Å². The zero-order valence-electron chi connectivity index (χ0n) is 23.3. The number of sulfonamides is 1. The molecule has 2 aromatic carbocycles. The van der Waals surface area contributed by atoms with Crippen molar-refractivity contribution in [1.29, 1.82) is 0 Å². The highest BCUT2D eigenvalue weighted by molar-refractivity contribution is 7.89. The molecule has 1 aromatic heterocycles. The average Bonchev–Trinajstić information content (AvgIpc) is 2.94. The normalized spacial score (nSPS) is 12.4. The number of anilines is 1. The van der Waals surface area contributed by atoms with Gasteiger partial charge in [-0.2, -0.15) is 4.31 Å². The number of benzene rings is 2. The van der Waals surface area contributed by atoms with Crippen LogP contribution in [0.4, 0.5) is 10.5 Å². The third-order valence-electron chi connectivity index (χ3n) is 6.49. The number of rotatable bonds is 15. The number of amides is 2. The van der Waals surface area contributed by atoms with Crippen molar-refractivity contribution in [3.8, 4) is 0 Å². The molecule has 3 aromatic rings. The van der Waals surface area contributed by atoms with Gasteiger partial charge in [-0.25, -0.2) is 13.2 Å². The van der Waals surface area contributed by atoms with Gasteiger partial charge in [0, 0.05) is 50.3 Å². The molecule has 0 saturated heterocycles. The van der Waals surface area contributed by atoms with E-state index < -0.39 is 16.1 Å². The maximum absolute atomic E-state index is 13.4. The summed E-state index contributed by atoms with van der Waals surface area (Å²) in [7, 11) is -3.81. The number of aromatic nitrogens is 1. The number of unbranched alkanes of at least 4 members (excludes halogenated alkanes) is 1. The Labute approximate surface area is 238 Å². The third-order valence-corrected chi connectivity index (χ3v) is 8.42. The number of hydrogen-bond donors (Lipinski definition) is 3. The van der Waals surface area contributed by atoms with E-state index in [-0.39, 0.29) is 30.0 Å². The van der Waals surface area contributed by atoms with E-state index in [1.54, 1.807) is 29.4 Å². The van der Waals surface area contributed by atoms with Crippen molar-refractivity contribution in [1.82, 2.24) is 19.5 Å². The summed E-state index contributed by atoms with van der Waals surface area (Å²) in [6.07, 6.45) is 5.21. The Morgan fingerprint density at radius 1 is 0.975 bits per heavy atom. The molecule has 0 unspecified atom stereocenters. The molecule has 2 amide bonds. The van der Waals surface area contributed by atoms with Crippen LogP contribution in [0.1, 0.15) is 44.2 Å². The predicted molar refractivity (Wildman–Crippen MR) is 158 cm³/mol. The standard InChI is InChI=1S/C30H41N5O4S/c1-24(2)20-35(40(38,39)29-15-13-27(31)14-16-29)28(23-36)12-6-7-18-33-30(37)34(21-25-9-4-3-5-10-25)22-26-11-8-17-32-19-26/h3-5,8-11,13-17,19,24,28,36H,6-7,12,18,20-23,31H2,1-2H3,(H,33,37)/t28-/m0/s1. The number of hydrogen-bond acceptors (Lipinski definition) is 6. The van der Waals surface area contributed by atoms with Crippen LogP contribution in [0.3, 0.4) is 0 Å². The fourth-order valence-corrected chi connectivity index (χ4v) is 6.24. The van der Waals surface area contributed by atoms with Gasteiger partial charge in [0.1, 0.15) is 0 Å². The lowest BCUT2D eigenvalue weighted by molar-refractivity contribution is 0.167. The van der Waals surface area contributed by atoms with Crippen molar-refractivity contribution >= 4 is 21.7 Å². The second kappa shape index (κ2) is 15.4. The van der Waals surface area contributed by atoms with Gasteiger partial charge < -0.3 is 21.1 Å². The molecule has 0 aliphatic carbocycles. The second-order valence-electron chi connectivity index (χ2n) is 10.3. The first-order valence-corrected chi connectivity index (χ1v) is 15.1. The Balaban J connectivity index is 1.58. The first kappa shape index (κ1) is 31.1. The van der Waals surface area contributed by atoms with Gasteiger partial charge in [-0.15, -0.1) is 0 Å². The number of nitrogens with two attached hydrogens (primary N) is 1. The molecule has 3 rings (SSSR count). The molecule has 1 atom stereocenters. The molecule has 0 aliphatic rings. The lowest BCUT2D eigenvalue weighted by atomic mass is 10.1. The topological polar surface area (TPSA) is 129 Å². The summed E-state index contributed by atoms with van der Waals surface area (Å²) < 4.78 is 28.3. The largest absolute Gasteiger partial charge is 0.399 e. The lowest BCUT2D eigenvalue weighted by Crippen LogP contribution is -2.44. The minimum absolute atomic E-state index is 0.0762. The minimum Gasteiger partial charge on any atom is -0.399 e. The maximum atomic E-state index is 13.4. The second-order valence-corrected chi connectivity index (χ2v) is 12.2. The number of urea groups is 1. The van der Waals surface area contributed by atoms with Crippen LogP contribution in [0, 0.1) is 5.92 Å². The van der Waals surface area contributed by atoms with Crippen molar-refractivity contribution in [3.63, 3.8) is 0 Å². The molecule has 0 spiro atoms. The zero-order chi connectivity index (χ0) is 29.0. The summed E-state index contributed by atoms with van der Waals surface area (Å²) in [6, 6.07) is 19.0. The van der Waals surface area contributed by atoms with Crippen LogP contribution in [-0.2, 0) is 23.1 Å². The summed E-state index contributed by atoms with van der Waals surface area (Å²) in [6.45, 7) is 5.21. The van der Waals surface area contributed by atoms with Gasteiger partial charge in [0.15, 0.2) is 0 Å². The molecule has 216 valence electrons. The van der Waals surface area contributed by atoms with Crippen LogP contribution in [0.2, 0.25) is 0 Å². The van der Waals surface area contributed by atoms with Crippen LogP contribution in [0.25, 0.3) is 0 Å². The Hall–Kier alpha value is -3.47. The number of nitrogens with one attached hydrogen (secondary N) is 1. The third kappa shape index (κ3) is 9.32. The van der Waals surface area contributed by atoms with Crippen molar-refractivity contribution < 1.29 is 18.3 Å². The Kier molecular flexibility index (Phi) is 11.9. The molecular formula is C30H41N5O4S. The van der Waals surface area contributed by atoms with Crippen LogP contribution in [0.15, 0.2) is 84.0 Å². The highest BCUT2D eigenvalue weighted by atomic mass is 32.2. The van der Waals surface area contributed by atoms with E-state index in [2.05, 4.69) is 10.3 Å². The van der Waals surface area contributed by atoms with E-state index in [4.69, 9.17) is 5.73 Å². The number of carbonyl (C=O) groups excluding carboxylic acids is 1. The first-order valence-electron chi connectivity index (χ1n) is 13.6. The zero-order valence-corrected chi connectivity index (χ0v) is 24.1. The van der Waals surface area contributed by atoms with Crippen LogP contribution in [-0.4, -0.2) is 59.5 Å². The summed E-state index contributed by atoms with van der Waals surface area (Å²) in [5.74, 6) is 0.0762. The van der Waals surface area contributed by atoms with E-state index in [9.17, 15) is 18.3 Å². The molecule has 10 heteroatoms. The van der Waals surface area contributed by atoms with Gasteiger partial charge >= 0.3 is 6.03 Å². The molecule has 0 aliphatic heterocycles. The average molecular weight is 568 g/mol. The van der Waals surface area contributed by atoms with Crippen molar-refractivity contribution in [2.24, 2.45) is 5.92 Å². The van der Waals surface area contributed by atoms with Crippen LogP contribution < -0.4 is 11.1 Å². The van der Waals surface area contributed by atoms with E-state index in [1.165, 1.54) is 16.4 Å². The highest BCUT2D eigenvalue weighted by Gasteiger charge is 2.31. The summed E-state index contributed by atoms with van der Waals surface area (Å²) in [5, 5.41) is 13.2. The molecule has 1 heterocycles. The Bertz CT molecular complexity index is 1230. The molecule has 0 saturated carbocycles. The van der Waals surface area contributed by atoms with Gasteiger partial charge in [0.2, 0.25) is 10.0 Å². The Morgan fingerprint density at radius 2 is 1.65 bits per heavy atom. The SMILES string of the molecule is CC(C)CN([C@H](CO)CCCCNC(=O)N(Cc1ccccc1)Cc1cccnc1)S(=O)(=O)c1ccc(N)cc1. The summed E-state index contributed by atoms with van der Waals surface area (Å²) in [5.41, 5.74) is 8.19. The molecule has 0 bridgehead atoms. The smallest absolute Gasteiger partial charge is 0.318 e. The van der Waals surface area contributed by atoms with Gasteiger partial charge in [-0.3, -0.25) is 4.98 Å². The first-order chi connectivity index (χ1) is 19.2. The number of nitrogens with zero attached hydrogens (tertiary/aromatic N) is 3. The summed E-state index contributed by atoms with van der Waals surface area (Å²) in [4.78, 5) is 19.2. The van der Waals surface area contributed by atoms with E-state index in [0.717, 1.165) is 11.1 Å². The predicted octanol–water partition coefficient (Wildman–Crippen LogP) is 4.25. The van der Waals surface area contributed by atoms with Crippen molar-refractivity contribution in [3.05, 3.63) is 90.3 Å². The molecule has 0 fully saturated rings. The van der Waals surface area contributed by atoms with E-state index in [0.29, 0.717) is 44.6 Å². The quantitative estimate of drug-likeness (QED) is 0.186. The number of carbonyl (C=O) groups is 1. The number of aliphatic hydroxyl groups is 1. The van der Waals surface area contributed by atoms with Gasteiger partial charge in [0.05, 0.1) is 11.5 Å². The van der Waals surface area contributed by atoms with Crippen molar-refractivity contribution in [2.45, 2.75) is 57.1 Å². The van der Waals surface area contributed by atoms with E-state index in [1.807, 2.05) is 56.3 Å². The lowest BCUT2D eigenvalue weighted by Gasteiger charge is -2.31. The van der Waals surface area contributed by atoms with Crippen molar-refractivity contribution in [2.75, 3.05) is 25.4 Å². The monoisotopic (exact) mass is 567 g/mol. The maximum Gasteiger partial charge on any atom is 0.318 e. The number of aliphatic hydroxyl groups excluding tert-OH is 1. The minimum atomic E-state index is -3.81. The molecule has 4 N–H and O–H groups in total. The number of nitrogen functional groups attached to an aromatic ring is 1. The molecular weight excluding hydrogens is 526 g/mol. The fourth-order valence-electron chi connectivity index (χ4n) is 4.43. The fraction of sp³-hybridized carbons (Fsp3) is 0.400. The summed E-state index contributed by atoms with van der Waals surface area (Å²) >= 11 is 0. The highest BCUT2D eigenvalue weighted by Crippen LogP contribution is 2.23. The Morgan fingerprint density at radius 3 is 2.27 bits per heavy atom. The van der Waals surface area contributed by atoms with Crippen LogP contribution in [0.5, 0.6) is 0 Å². The van der Waals surface area contributed by atoms with E-state index >= 15 is 0 Å². The molecule has 9 nitrogen and oxygen atoms in total. The molecule has 0 radical (unpaired) electrons. The molecule has 40 heavy (non-hydrogen) atoms. The van der Waals surface area contributed by atoms with Gasteiger partial charge in [-0.05, 0) is 60.2 Å².